The van der Waals surface area contributed by atoms with E-state index < -0.39 is 0 Å². The Labute approximate surface area is 114 Å². The lowest BCUT2D eigenvalue weighted by Gasteiger charge is -1.97. The Balaban J connectivity index is 1.94. The third kappa shape index (κ3) is 2.30. The van der Waals surface area contributed by atoms with Gasteiger partial charge in [-0.3, -0.25) is 0 Å². The van der Waals surface area contributed by atoms with Crippen molar-refractivity contribution in [2.75, 3.05) is 0 Å². The van der Waals surface area contributed by atoms with Gasteiger partial charge in [-0.1, -0.05) is 17.3 Å². The van der Waals surface area contributed by atoms with Gasteiger partial charge in [-0.15, -0.1) is 0 Å². The monoisotopic (exact) mass is 271 g/mol. The second-order valence-electron chi connectivity index (χ2n) is 4.29. The van der Waals surface area contributed by atoms with E-state index in [9.17, 15) is 0 Å². The lowest BCUT2D eigenvalue weighted by molar-refractivity contribution is 0.432. The zero-order valence-corrected chi connectivity index (χ0v) is 11.3. The normalized spacial score (nSPS) is 10.8. The van der Waals surface area contributed by atoms with Gasteiger partial charge in [-0.05, 0) is 35.6 Å². The highest BCUT2D eigenvalue weighted by Gasteiger charge is 2.12. The maximum atomic E-state index is 5.57. The van der Waals surface area contributed by atoms with Crippen LogP contribution in [0.4, 0.5) is 0 Å². The quantitative estimate of drug-likeness (QED) is 0.794. The van der Waals surface area contributed by atoms with Crippen LogP contribution in [-0.4, -0.2) is 10.1 Å². The number of nitrogens with zero attached hydrogens (tertiary/aromatic N) is 2. The summed E-state index contributed by atoms with van der Waals surface area (Å²) in [4.78, 5) is 4.44. The Bertz CT molecular complexity index is 685. The van der Waals surface area contributed by atoms with Gasteiger partial charge in [-0.25, -0.2) is 0 Å². The summed E-state index contributed by atoms with van der Waals surface area (Å²) in [6.45, 7) is 2.57. The smallest absolute Gasteiger partial charge is 0.258 e. The first kappa shape index (κ1) is 12.1. The first-order valence-corrected chi connectivity index (χ1v) is 6.88. The van der Waals surface area contributed by atoms with E-state index in [0.29, 0.717) is 18.3 Å². The molecule has 0 fully saturated rings. The van der Waals surface area contributed by atoms with Crippen LogP contribution in [0.15, 0.2) is 39.5 Å². The molecule has 1 aromatic carbocycles. The van der Waals surface area contributed by atoms with Crippen molar-refractivity contribution in [2.24, 2.45) is 5.73 Å². The van der Waals surface area contributed by atoms with Crippen molar-refractivity contribution in [3.63, 3.8) is 0 Å². The van der Waals surface area contributed by atoms with Gasteiger partial charge in [0.25, 0.3) is 5.89 Å². The first-order valence-electron chi connectivity index (χ1n) is 5.94. The lowest BCUT2D eigenvalue weighted by atomic mass is 10.1. The molecule has 3 rings (SSSR count). The maximum Gasteiger partial charge on any atom is 0.258 e. The van der Waals surface area contributed by atoms with E-state index in [1.54, 1.807) is 11.3 Å². The first-order chi connectivity index (χ1) is 9.28. The van der Waals surface area contributed by atoms with Crippen molar-refractivity contribution in [1.82, 2.24) is 10.1 Å². The second kappa shape index (κ2) is 4.95. The highest BCUT2D eigenvalue weighted by molar-refractivity contribution is 7.08. The minimum atomic E-state index is 0.531. The van der Waals surface area contributed by atoms with Crippen LogP contribution in [0.2, 0.25) is 0 Å². The van der Waals surface area contributed by atoms with E-state index in [4.69, 9.17) is 10.3 Å². The molecule has 0 amide bonds. The summed E-state index contributed by atoms with van der Waals surface area (Å²) in [6, 6.07) is 7.82. The van der Waals surface area contributed by atoms with Gasteiger partial charge in [0, 0.05) is 23.1 Å². The Morgan fingerprint density at radius 1 is 1.21 bits per heavy atom. The standard InChI is InChI=1S/C14H13N3OS/c1-9-7-19-8-12(9)13-16-14(18-17-13)11-4-2-10(6-15)3-5-11/h2-5,7-8H,6,15H2,1H3. The number of hydrogen-bond acceptors (Lipinski definition) is 5. The van der Waals surface area contributed by atoms with Crippen molar-refractivity contribution in [3.8, 4) is 22.8 Å². The summed E-state index contributed by atoms with van der Waals surface area (Å²) in [5.41, 5.74) is 9.75. The van der Waals surface area contributed by atoms with Gasteiger partial charge in [-0.2, -0.15) is 16.3 Å². The van der Waals surface area contributed by atoms with Crippen LogP contribution in [0.3, 0.4) is 0 Å². The summed E-state index contributed by atoms with van der Waals surface area (Å²) >= 11 is 1.64. The third-order valence-corrected chi connectivity index (χ3v) is 3.82. The number of nitrogens with two attached hydrogens (primary N) is 1. The molecule has 0 radical (unpaired) electrons. The van der Waals surface area contributed by atoms with E-state index in [1.807, 2.05) is 36.6 Å². The van der Waals surface area contributed by atoms with E-state index in [-0.39, 0.29) is 0 Å². The van der Waals surface area contributed by atoms with Gasteiger partial charge >= 0.3 is 0 Å². The number of aromatic nitrogens is 2. The molecule has 0 unspecified atom stereocenters. The largest absolute Gasteiger partial charge is 0.334 e. The molecule has 0 saturated carbocycles. The van der Waals surface area contributed by atoms with E-state index in [0.717, 1.165) is 22.3 Å². The van der Waals surface area contributed by atoms with Gasteiger partial charge in [0.15, 0.2) is 0 Å². The number of aryl methyl sites for hydroxylation is 1. The zero-order valence-electron chi connectivity index (χ0n) is 10.5. The maximum absolute atomic E-state index is 5.57. The van der Waals surface area contributed by atoms with Crippen molar-refractivity contribution in [1.29, 1.82) is 0 Å². The molecule has 0 spiro atoms. The third-order valence-electron chi connectivity index (χ3n) is 2.96. The molecule has 0 aliphatic carbocycles. The fraction of sp³-hybridized carbons (Fsp3) is 0.143. The molecule has 0 aliphatic rings. The van der Waals surface area contributed by atoms with Crippen molar-refractivity contribution < 1.29 is 4.52 Å². The molecule has 4 nitrogen and oxygen atoms in total. The molecule has 2 heterocycles. The minimum Gasteiger partial charge on any atom is -0.334 e. The fourth-order valence-electron chi connectivity index (χ4n) is 1.82. The fourth-order valence-corrected chi connectivity index (χ4v) is 2.65. The van der Waals surface area contributed by atoms with Gasteiger partial charge < -0.3 is 10.3 Å². The Kier molecular flexibility index (Phi) is 3.15. The van der Waals surface area contributed by atoms with Crippen molar-refractivity contribution >= 4 is 11.3 Å². The number of benzene rings is 1. The molecule has 0 saturated heterocycles. The Morgan fingerprint density at radius 3 is 2.63 bits per heavy atom. The van der Waals surface area contributed by atoms with Crippen LogP contribution in [0.5, 0.6) is 0 Å². The van der Waals surface area contributed by atoms with Crippen LogP contribution >= 0.6 is 11.3 Å². The molecule has 0 aliphatic heterocycles. The average Bonchev–Trinajstić information content (AvgIpc) is 3.07. The lowest BCUT2D eigenvalue weighted by Crippen LogP contribution is -1.95. The highest BCUT2D eigenvalue weighted by atomic mass is 32.1. The number of thiophene rings is 1. The summed E-state index contributed by atoms with van der Waals surface area (Å²) in [5, 5.41) is 8.13. The van der Waals surface area contributed by atoms with Crippen LogP contribution < -0.4 is 5.73 Å². The Hall–Kier alpha value is -1.98. The molecule has 0 bridgehead atoms. The molecule has 2 N–H and O–H groups in total. The van der Waals surface area contributed by atoms with Gasteiger partial charge in [0.05, 0.1) is 0 Å². The summed E-state index contributed by atoms with van der Waals surface area (Å²) < 4.78 is 5.32. The molecular weight excluding hydrogens is 258 g/mol. The summed E-state index contributed by atoms with van der Waals surface area (Å²) in [5.74, 6) is 1.17. The zero-order chi connectivity index (χ0) is 13.2. The second-order valence-corrected chi connectivity index (χ2v) is 5.04. The van der Waals surface area contributed by atoms with E-state index >= 15 is 0 Å². The summed E-state index contributed by atoms with van der Waals surface area (Å²) in [6.07, 6.45) is 0. The SMILES string of the molecule is Cc1cscc1-c1noc(-c2ccc(CN)cc2)n1. The minimum absolute atomic E-state index is 0.531. The molecular formula is C14H13N3OS. The average molecular weight is 271 g/mol. The van der Waals surface area contributed by atoms with Crippen LogP contribution in [0, 0.1) is 6.92 Å². The van der Waals surface area contributed by atoms with E-state index in [2.05, 4.69) is 15.5 Å². The molecule has 3 aromatic rings. The summed E-state index contributed by atoms with van der Waals surface area (Å²) in [7, 11) is 0. The molecule has 19 heavy (non-hydrogen) atoms. The van der Waals surface area contributed by atoms with Crippen LogP contribution in [0.25, 0.3) is 22.8 Å². The topological polar surface area (TPSA) is 64.9 Å². The molecule has 0 atom stereocenters. The van der Waals surface area contributed by atoms with Gasteiger partial charge in [0.2, 0.25) is 5.82 Å². The molecule has 5 heteroatoms. The Morgan fingerprint density at radius 2 is 2.00 bits per heavy atom. The van der Waals surface area contributed by atoms with Crippen molar-refractivity contribution in [3.05, 3.63) is 46.2 Å². The van der Waals surface area contributed by atoms with Crippen LogP contribution in [-0.2, 0) is 6.54 Å². The number of hydrogen-bond donors (Lipinski definition) is 1. The van der Waals surface area contributed by atoms with Crippen molar-refractivity contribution in [2.45, 2.75) is 13.5 Å². The molecule has 2 aromatic heterocycles. The van der Waals surface area contributed by atoms with E-state index in [1.165, 1.54) is 0 Å². The number of rotatable bonds is 3. The van der Waals surface area contributed by atoms with Gasteiger partial charge in [0.1, 0.15) is 0 Å². The predicted octanol–water partition coefficient (Wildman–Crippen LogP) is 3.23. The molecule has 96 valence electrons. The van der Waals surface area contributed by atoms with Crippen LogP contribution in [0.1, 0.15) is 11.1 Å². The highest BCUT2D eigenvalue weighted by Crippen LogP contribution is 2.26. The predicted molar refractivity (Wildman–Crippen MR) is 75.7 cm³/mol.